The SMILES string of the molecule is O=C(NCC(c1c(Cl)cncc1Cl)C1CCCCC1)C1=C[N+](C2CCC(C(=O)O)CC2)=C1C(F)(F)F. The van der Waals surface area contributed by atoms with E-state index in [1.807, 2.05) is 0 Å². The first-order valence-electron chi connectivity index (χ1n) is 12.3. The average molecular weight is 547 g/mol. The number of nitrogens with zero attached hydrogens (tertiary/aromatic N) is 2. The van der Waals surface area contributed by atoms with Crippen LogP contribution in [0.4, 0.5) is 13.2 Å². The number of hydrogen-bond acceptors (Lipinski definition) is 3. The lowest BCUT2D eigenvalue weighted by Crippen LogP contribution is -2.49. The van der Waals surface area contributed by atoms with E-state index in [2.05, 4.69) is 10.3 Å². The van der Waals surface area contributed by atoms with Gasteiger partial charge in [0.1, 0.15) is 0 Å². The summed E-state index contributed by atoms with van der Waals surface area (Å²) in [6, 6.07) is -0.474. The smallest absolute Gasteiger partial charge is 0.478 e. The van der Waals surface area contributed by atoms with Gasteiger partial charge >= 0.3 is 17.9 Å². The Labute approximate surface area is 217 Å². The number of carboxylic acids is 1. The van der Waals surface area contributed by atoms with Crippen molar-refractivity contribution in [3.8, 4) is 0 Å². The molecule has 0 aromatic carbocycles. The fourth-order valence-corrected chi connectivity index (χ4v) is 6.45. The molecular formula is C25H29Cl2F3N3O3+. The number of hydrogen-bond donors (Lipinski definition) is 2. The molecule has 1 amide bonds. The second kappa shape index (κ2) is 11.1. The summed E-state index contributed by atoms with van der Waals surface area (Å²) in [5.41, 5.74) is -0.704. The predicted octanol–water partition coefficient (Wildman–Crippen LogP) is 5.73. The molecule has 3 aliphatic rings. The molecule has 2 saturated carbocycles. The molecule has 2 N–H and O–H groups in total. The Balaban J connectivity index is 1.49. The first-order chi connectivity index (χ1) is 17.1. The molecule has 1 aromatic heterocycles. The van der Waals surface area contributed by atoms with Crippen molar-refractivity contribution in [3.05, 3.63) is 39.8 Å². The second-order valence-electron chi connectivity index (χ2n) is 9.87. The zero-order valence-electron chi connectivity index (χ0n) is 19.7. The zero-order valence-corrected chi connectivity index (χ0v) is 21.2. The van der Waals surface area contributed by atoms with Crippen LogP contribution < -0.4 is 5.32 Å². The van der Waals surface area contributed by atoms with Gasteiger partial charge in [-0.1, -0.05) is 42.5 Å². The summed E-state index contributed by atoms with van der Waals surface area (Å²) in [4.78, 5) is 28.1. The number of amides is 1. The van der Waals surface area contributed by atoms with Crippen molar-refractivity contribution in [2.75, 3.05) is 6.54 Å². The van der Waals surface area contributed by atoms with Crippen molar-refractivity contribution in [2.45, 2.75) is 75.9 Å². The maximum atomic E-state index is 13.9. The van der Waals surface area contributed by atoms with Gasteiger partial charge in [-0.25, -0.2) is 0 Å². The van der Waals surface area contributed by atoms with Crippen LogP contribution in [0.2, 0.25) is 10.0 Å². The Bertz CT molecular complexity index is 1060. The van der Waals surface area contributed by atoms with Crippen LogP contribution in [-0.2, 0) is 9.59 Å². The lowest BCUT2D eigenvalue weighted by atomic mass is 9.77. The number of aromatic nitrogens is 1. The Kier molecular flexibility index (Phi) is 8.29. The van der Waals surface area contributed by atoms with E-state index >= 15 is 0 Å². The van der Waals surface area contributed by atoms with E-state index in [4.69, 9.17) is 28.3 Å². The van der Waals surface area contributed by atoms with E-state index in [-0.39, 0.29) is 18.4 Å². The van der Waals surface area contributed by atoms with Crippen molar-refractivity contribution >= 4 is 40.8 Å². The molecule has 0 spiro atoms. The summed E-state index contributed by atoms with van der Waals surface area (Å²) in [5.74, 6) is -2.30. The Morgan fingerprint density at radius 3 is 2.22 bits per heavy atom. The van der Waals surface area contributed by atoms with Gasteiger partial charge in [0.2, 0.25) is 0 Å². The first kappa shape index (κ1) is 26.9. The van der Waals surface area contributed by atoms with Crippen molar-refractivity contribution in [2.24, 2.45) is 11.8 Å². The van der Waals surface area contributed by atoms with Gasteiger partial charge in [0, 0.05) is 37.7 Å². The van der Waals surface area contributed by atoms with Crippen LogP contribution in [-0.4, -0.2) is 51.0 Å². The van der Waals surface area contributed by atoms with Gasteiger partial charge in [-0.2, -0.15) is 17.7 Å². The van der Waals surface area contributed by atoms with Crippen molar-refractivity contribution in [3.63, 3.8) is 0 Å². The number of nitrogens with one attached hydrogen (secondary N) is 1. The van der Waals surface area contributed by atoms with E-state index in [0.717, 1.165) is 36.7 Å². The van der Waals surface area contributed by atoms with E-state index in [9.17, 15) is 22.8 Å². The van der Waals surface area contributed by atoms with Gasteiger partial charge < -0.3 is 10.4 Å². The molecule has 0 saturated heterocycles. The number of alkyl halides is 3. The minimum atomic E-state index is -4.70. The van der Waals surface area contributed by atoms with Crippen molar-refractivity contribution in [1.29, 1.82) is 0 Å². The minimum absolute atomic E-state index is 0.110. The summed E-state index contributed by atoms with van der Waals surface area (Å²) >= 11 is 12.8. The summed E-state index contributed by atoms with van der Waals surface area (Å²) < 4.78 is 42.9. The largest absolute Gasteiger partial charge is 0.481 e. The molecule has 1 atom stereocenters. The topological polar surface area (TPSA) is 82.3 Å². The third-order valence-corrected chi connectivity index (χ3v) is 8.30. The number of halogens is 5. The highest BCUT2D eigenvalue weighted by Crippen LogP contribution is 2.41. The van der Waals surface area contributed by atoms with Crippen LogP contribution in [0.15, 0.2) is 24.2 Å². The quantitative estimate of drug-likeness (QED) is 0.428. The van der Waals surface area contributed by atoms with E-state index in [1.165, 1.54) is 18.6 Å². The van der Waals surface area contributed by atoms with Crippen LogP contribution in [0.5, 0.6) is 0 Å². The number of carbonyl (C=O) groups excluding carboxylic acids is 1. The molecule has 1 aliphatic heterocycles. The van der Waals surface area contributed by atoms with Gasteiger partial charge in [-0.05, 0) is 37.2 Å². The lowest BCUT2D eigenvalue weighted by molar-refractivity contribution is -0.523. The zero-order chi connectivity index (χ0) is 26.0. The number of pyridine rings is 1. The standard InChI is InChI=1S/C25H28Cl2F3N3O3/c26-19-11-31-12-20(27)21(19)17(14-4-2-1-3-5-14)10-32-23(34)18-13-33(22(18)25(28,29)30)16-8-6-15(7-9-16)24(35)36/h11-17H,1-10H2,(H-,32,34,35,36)/p+1. The molecular weight excluding hydrogens is 518 g/mol. The van der Waals surface area contributed by atoms with Gasteiger partial charge in [-0.15, -0.1) is 0 Å². The lowest BCUT2D eigenvalue weighted by Gasteiger charge is -2.32. The third-order valence-electron chi connectivity index (χ3n) is 7.70. The highest BCUT2D eigenvalue weighted by atomic mass is 35.5. The Hall–Kier alpha value is -2.13. The Morgan fingerprint density at radius 2 is 1.67 bits per heavy atom. The van der Waals surface area contributed by atoms with Gasteiger partial charge in [-0.3, -0.25) is 14.6 Å². The molecule has 0 bridgehead atoms. The molecule has 4 rings (SSSR count). The second-order valence-corrected chi connectivity index (χ2v) is 10.7. The van der Waals surface area contributed by atoms with E-state index in [0.29, 0.717) is 41.3 Å². The van der Waals surface area contributed by atoms with Crippen LogP contribution >= 0.6 is 23.2 Å². The number of aliphatic carboxylic acids is 1. The van der Waals surface area contributed by atoms with Gasteiger partial charge in [0.05, 0.1) is 16.0 Å². The number of carboxylic acid groups (broad SMARTS) is 1. The van der Waals surface area contributed by atoms with Crippen LogP contribution in [0, 0.1) is 11.8 Å². The molecule has 2 aliphatic carbocycles. The molecule has 11 heteroatoms. The summed E-state index contributed by atoms with van der Waals surface area (Å²) in [7, 11) is 0. The molecule has 1 aromatic rings. The van der Waals surface area contributed by atoms with Crippen LogP contribution in [0.25, 0.3) is 0 Å². The first-order valence-corrected chi connectivity index (χ1v) is 13.1. The van der Waals surface area contributed by atoms with Crippen molar-refractivity contribution < 1.29 is 32.4 Å². The summed E-state index contributed by atoms with van der Waals surface area (Å²) in [6.07, 6.45) is 5.82. The summed E-state index contributed by atoms with van der Waals surface area (Å²) in [6.45, 7) is 0.110. The normalized spacial score (nSPS) is 24.1. The van der Waals surface area contributed by atoms with Crippen LogP contribution in [0.3, 0.4) is 0 Å². The van der Waals surface area contributed by atoms with Crippen LogP contribution in [0.1, 0.15) is 69.3 Å². The fraction of sp³-hybridized carbons (Fsp3) is 0.600. The molecule has 1 unspecified atom stereocenters. The predicted molar refractivity (Wildman–Crippen MR) is 129 cm³/mol. The molecule has 2 fully saturated rings. The highest BCUT2D eigenvalue weighted by Gasteiger charge is 2.55. The summed E-state index contributed by atoms with van der Waals surface area (Å²) in [5, 5.41) is 12.6. The average Bonchev–Trinajstić information content (AvgIpc) is 2.80. The monoisotopic (exact) mass is 546 g/mol. The Morgan fingerprint density at radius 1 is 1.06 bits per heavy atom. The van der Waals surface area contributed by atoms with E-state index < -0.39 is 41.3 Å². The minimum Gasteiger partial charge on any atom is -0.481 e. The van der Waals surface area contributed by atoms with Gasteiger partial charge in [0.25, 0.3) is 5.91 Å². The van der Waals surface area contributed by atoms with Crippen molar-refractivity contribution in [1.82, 2.24) is 10.3 Å². The molecule has 36 heavy (non-hydrogen) atoms. The maximum absolute atomic E-state index is 13.9. The fourth-order valence-electron chi connectivity index (χ4n) is 5.81. The van der Waals surface area contributed by atoms with Gasteiger partial charge in [0.15, 0.2) is 17.8 Å². The molecule has 0 radical (unpaired) electrons. The number of carbonyl (C=O) groups is 2. The third kappa shape index (κ3) is 5.72. The maximum Gasteiger partial charge on any atom is 0.478 e. The van der Waals surface area contributed by atoms with E-state index in [1.54, 1.807) is 0 Å². The number of rotatable bonds is 7. The highest BCUT2D eigenvalue weighted by molar-refractivity contribution is 6.35. The molecule has 2 heterocycles. The molecule has 196 valence electrons. The molecule has 6 nitrogen and oxygen atoms in total.